The lowest BCUT2D eigenvalue weighted by atomic mass is 10.00. The minimum absolute atomic E-state index is 0.106. The number of hydrogen-bond donors (Lipinski definition) is 1. The molecule has 2 heterocycles. The van der Waals surface area contributed by atoms with Crippen LogP contribution in [-0.4, -0.2) is 43.3 Å². The summed E-state index contributed by atoms with van der Waals surface area (Å²) < 4.78 is 5.53. The zero-order valence-corrected chi connectivity index (χ0v) is 10.8. The number of carbonyl (C=O) groups is 1. The van der Waals surface area contributed by atoms with Gasteiger partial charge in [0.1, 0.15) is 0 Å². The van der Waals surface area contributed by atoms with E-state index < -0.39 is 0 Å². The molecule has 2 saturated heterocycles. The molecule has 4 nitrogen and oxygen atoms in total. The first-order chi connectivity index (χ1) is 8.25. The Morgan fingerprint density at radius 3 is 2.76 bits per heavy atom. The normalized spacial score (nSPS) is 26.2. The minimum atomic E-state index is 0.106. The molecule has 1 N–H and O–H groups in total. The second-order valence-electron chi connectivity index (χ2n) is 5.33. The first-order valence-electron chi connectivity index (χ1n) is 6.90. The Kier molecular flexibility index (Phi) is 4.66. The monoisotopic (exact) mass is 240 g/mol. The molecule has 2 rings (SSSR count). The van der Waals surface area contributed by atoms with Gasteiger partial charge in [0, 0.05) is 26.2 Å². The molecular formula is C13H24N2O2. The SMILES string of the molecule is CC1CCN(C(=O)NCCC2CCCO2)CC1. The fourth-order valence-corrected chi connectivity index (χ4v) is 2.54. The number of carbonyl (C=O) groups excluding carboxylic acids is 1. The number of nitrogens with zero attached hydrogens (tertiary/aromatic N) is 1. The summed E-state index contributed by atoms with van der Waals surface area (Å²) in [5.41, 5.74) is 0. The third-order valence-electron chi connectivity index (χ3n) is 3.84. The average molecular weight is 240 g/mol. The summed E-state index contributed by atoms with van der Waals surface area (Å²) in [4.78, 5) is 13.8. The number of amides is 2. The molecule has 1 atom stereocenters. The fourth-order valence-electron chi connectivity index (χ4n) is 2.54. The quantitative estimate of drug-likeness (QED) is 0.819. The lowest BCUT2D eigenvalue weighted by molar-refractivity contribution is 0.104. The summed E-state index contributed by atoms with van der Waals surface area (Å²) in [6, 6.07) is 0.106. The van der Waals surface area contributed by atoms with E-state index in [4.69, 9.17) is 4.74 Å². The van der Waals surface area contributed by atoms with Crippen LogP contribution in [0.4, 0.5) is 4.79 Å². The molecule has 17 heavy (non-hydrogen) atoms. The third-order valence-corrected chi connectivity index (χ3v) is 3.84. The van der Waals surface area contributed by atoms with Crippen LogP contribution < -0.4 is 5.32 Å². The van der Waals surface area contributed by atoms with Crippen LogP contribution in [0.1, 0.15) is 39.0 Å². The van der Waals surface area contributed by atoms with Crippen molar-refractivity contribution in [2.75, 3.05) is 26.2 Å². The summed E-state index contributed by atoms with van der Waals surface area (Å²) in [6.07, 6.45) is 5.92. The number of piperidine rings is 1. The predicted molar refractivity (Wildman–Crippen MR) is 67.0 cm³/mol. The van der Waals surface area contributed by atoms with Crippen molar-refractivity contribution in [2.24, 2.45) is 5.92 Å². The average Bonchev–Trinajstić information content (AvgIpc) is 2.83. The molecule has 0 saturated carbocycles. The summed E-state index contributed by atoms with van der Waals surface area (Å²) in [6.45, 7) is 5.71. The van der Waals surface area contributed by atoms with E-state index in [0.29, 0.717) is 6.10 Å². The number of urea groups is 1. The molecule has 0 bridgehead atoms. The van der Waals surface area contributed by atoms with E-state index in [1.807, 2.05) is 4.90 Å². The number of rotatable bonds is 3. The molecule has 2 amide bonds. The van der Waals surface area contributed by atoms with Crippen molar-refractivity contribution >= 4 is 6.03 Å². The molecule has 0 aliphatic carbocycles. The van der Waals surface area contributed by atoms with Gasteiger partial charge in [-0.1, -0.05) is 6.92 Å². The molecule has 0 spiro atoms. The van der Waals surface area contributed by atoms with Crippen molar-refractivity contribution < 1.29 is 9.53 Å². The van der Waals surface area contributed by atoms with Crippen LogP contribution in [0.15, 0.2) is 0 Å². The molecule has 0 aromatic carbocycles. The van der Waals surface area contributed by atoms with E-state index in [1.165, 1.54) is 6.42 Å². The van der Waals surface area contributed by atoms with Crippen molar-refractivity contribution in [1.82, 2.24) is 10.2 Å². The Bertz CT molecular complexity index is 244. The first-order valence-corrected chi connectivity index (χ1v) is 6.90. The fraction of sp³-hybridized carbons (Fsp3) is 0.923. The molecule has 98 valence electrons. The van der Waals surface area contributed by atoms with Gasteiger partial charge in [0.15, 0.2) is 0 Å². The maximum atomic E-state index is 11.9. The molecule has 1 unspecified atom stereocenters. The summed E-state index contributed by atoms with van der Waals surface area (Å²) >= 11 is 0. The maximum absolute atomic E-state index is 11.9. The zero-order valence-electron chi connectivity index (χ0n) is 10.8. The number of likely N-dealkylation sites (tertiary alicyclic amines) is 1. The van der Waals surface area contributed by atoms with Crippen molar-refractivity contribution in [2.45, 2.75) is 45.1 Å². The molecule has 2 aliphatic heterocycles. The van der Waals surface area contributed by atoms with Crippen LogP contribution in [0.3, 0.4) is 0 Å². The molecule has 0 radical (unpaired) electrons. The molecule has 4 heteroatoms. The molecule has 2 aliphatic rings. The largest absolute Gasteiger partial charge is 0.378 e. The van der Waals surface area contributed by atoms with E-state index in [1.54, 1.807) is 0 Å². The highest BCUT2D eigenvalue weighted by Gasteiger charge is 2.20. The Morgan fingerprint density at radius 2 is 2.12 bits per heavy atom. The van der Waals surface area contributed by atoms with Gasteiger partial charge in [-0.05, 0) is 38.0 Å². The second-order valence-corrected chi connectivity index (χ2v) is 5.33. The van der Waals surface area contributed by atoms with Crippen LogP contribution in [0.2, 0.25) is 0 Å². The van der Waals surface area contributed by atoms with Gasteiger partial charge in [-0.3, -0.25) is 0 Å². The summed E-state index contributed by atoms with van der Waals surface area (Å²) in [7, 11) is 0. The predicted octanol–water partition coefficient (Wildman–Crippen LogP) is 2.00. The number of ether oxygens (including phenoxy) is 1. The highest BCUT2D eigenvalue weighted by Crippen LogP contribution is 2.16. The third kappa shape index (κ3) is 3.87. The lowest BCUT2D eigenvalue weighted by Crippen LogP contribution is -2.44. The topological polar surface area (TPSA) is 41.6 Å². The van der Waals surface area contributed by atoms with Gasteiger partial charge >= 0.3 is 6.03 Å². The van der Waals surface area contributed by atoms with Gasteiger partial charge in [0.2, 0.25) is 0 Å². The van der Waals surface area contributed by atoms with Crippen LogP contribution in [0.25, 0.3) is 0 Å². The van der Waals surface area contributed by atoms with Crippen molar-refractivity contribution in [3.8, 4) is 0 Å². The first kappa shape index (κ1) is 12.7. The Balaban J connectivity index is 1.60. The van der Waals surface area contributed by atoms with Crippen molar-refractivity contribution in [3.05, 3.63) is 0 Å². The molecule has 0 aromatic rings. The lowest BCUT2D eigenvalue weighted by Gasteiger charge is -2.30. The molecular weight excluding hydrogens is 216 g/mol. The standard InChI is InChI=1S/C13H24N2O2/c1-11-5-8-15(9-6-11)13(16)14-7-4-12-3-2-10-17-12/h11-12H,2-10H2,1H3,(H,14,16). The maximum Gasteiger partial charge on any atom is 0.317 e. The molecule has 2 fully saturated rings. The Hall–Kier alpha value is -0.770. The highest BCUT2D eigenvalue weighted by atomic mass is 16.5. The van der Waals surface area contributed by atoms with Crippen LogP contribution in [0, 0.1) is 5.92 Å². The summed E-state index contributed by atoms with van der Waals surface area (Å²) in [5, 5.41) is 3.00. The van der Waals surface area contributed by atoms with E-state index in [-0.39, 0.29) is 6.03 Å². The van der Waals surface area contributed by atoms with Crippen LogP contribution in [-0.2, 0) is 4.74 Å². The number of hydrogen-bond acceptors (Lipinski definition) is 2. The minimum Gasteiger partial charge on any atom is -0.378 e. The summed E-state index contributed by atoms with van der Waals surface area (Å²) in [5.74, 6) is 0.769. The van der Waals surface area contributed by atoms with Crippen molar-refractivity contribution in [1.29, 1.82) is 0 Å². The van der Waals surface area contributed by atoms with Gasteiger partial charge < -0.3 is 15.0 Å². The van der Waals surface area contributed by atoms with Gasteiger partial charge in [0.05, 0.1) is 6.10 Å². The van der Waals surface area contributed by atoms with Gasteiger partial charge in [-0.15, -0.1) is 0 Å². The molecule has 0 aromatic heterocycles. The van der Waals surface area contributed by atoms with Crippen LogP contribution >= 0.6 is 0 Å². The second kappa shape index (κ2) is 6.24. The van der Waals surface area contributed by atoms with E-state index in [0.717, 1.165) is 57.8 Å². The zero-order chi connectivity index (χ0) is 12.1. The Morgan fingerprint density at radius 1 is 1.35 bits per heavy atom. The van der Waals surface area contributed by atoms with E-state index >= 15 is 0 Å². The van der Waals surface area contributed by atoms with Gasteiger partial charge in [0.25, 0.3) is 0 Å². The van der Waals surface area contributed by atoms with E-state index in [2.05, 4.69) is 12.2 Å². The van der Waals surface area contributed by atoms with Crippen molar-refractivity contribution in [3.63, 3.8) is 0 Å². The number of nitrogens with one attached hydrogen (secondary N) is 1. The van der Waals surface area contributed by atoms with Gasteiger partial charge in [-0.2, -0.15) is 0 Å². The van der Waals surface area contributed by atoms with Gasteiger partial charge in [-0.25, -0.2) is 4.79 Å². The van der Waals surface area contributed by atoms with Crippen LogP contribution in [0.5, 0.6) is 0 Å². The smallest absolute Gasteiger partial charge is 0.317 e. The highest BCUT2D eigenvalue weighted by molar-refractivity contribution is 5.74. The van der Waals surface area contributed by atoms with E-state index in [9.17, 15) is 4.79 Å². The Labute approximate surface area is 104 Å².